The Bertz CT molecular complexity index is 661. The van der Waals surface area contributed by atoms with Gasteiger partial charge in [-0.2, -0.15) is 0 Å². The second-order valence-electron chi connectivity index (χ2n) is 7.60. The van der Waals surface area contributed by atoms with E-state index in [1.165, 1.54) is 0 Å². The van der Waals surface area contributed by atoms with Gasteiger partial charge in [0.1, 0.15) is 11.4 Å². The predicted octanol–water partition coefficient (Wildman–Crippen LogP) is 3.38. The first-order valence-corrected chi connectivity index (χ1v) is 9.46. The number of carbonyl (C=O) groups is 1. The van der Waals surface area contributed by atoms with Crippen molar-refractivity contribution >= 4 is 36.0 Å². The van der Waals surface area contributed by atoms with Gasteiger partial charge in [0.2, 0.25) is 0 Å². The average Bonchev–Trinajstić information content (AvgIpc) is 3.05. The van der Waals surface area contributed by atoms with E-state index in [0.29, 0.717) is 13.1 Å². The van der Waals surface area contributed by atoms with Crippen LogP contribution in [0.15, 0.2) is 29.3 Å². The maximum absolute atomic E-state index is 12.0. The fourth-order valence-corrected chi connectivity index (χ4v) is 2.91. The van der Waals surface area contributed by atoms with Crippen molar-refractivity contribution in [2.75, 3.05) is 26.7 Å². The molecule has 0 spiro atoms. The highest BCUT2D eigenvalue weighted by Crippen LogP contribution is 2.15. The minimum Gasteiger partial charge on any atom is -0.497 e. The third-order valence-electron chi connectivity index (χ3n) is 4.09. The fraction of sp³-hybridized carbons (Fsp3) is 0.600. The second-order valence-corrected chi connectivity index (χ2v) is 7.60. The summed E-state index contributed by atoms with van der Waals surface area (Å²) < 4.78 is 10.6. The standard InChI is InChI=1S/C20H32N4O3.HI/c1-6-21-18(22-13-15-8-7-9-17(12-15)26-5)24-11-10-16(14-24)23-19(25)27-20(2,3)4;/h7-9,12,16H,6,10-11,13-14H2,1-5H3,(H,21,22)(H,23,25);1H. The molecule has 1 atom stereocenters. The van der Waals surface area contributed by atoms with Gasteiger partial charge in [0.15, 0.2) is 5.96 Å². The number of nitrogens with one attached hydrogen (secondary N) is 2. The molecule has 0 radical (unpaired) electrons. The van der Waals surface area contributed by atoms with Crippen molar-refractivity contribution in [2.24, 2.45) is 4.99 Å². The monoisotopic (exact) mass is 504 g/mol. The lowest BCUT2D eigenvalue weighted by atomic mass is 10.2. The number of hydrogen-bond donors (Lipinski definition) is 2. The molecule has 1 amide bonds. The number of ether oxygens (including phenoxy) is 2. The SMILES string of the molecule is CCNC(=NCc1cccc(OC)c1)N1CCC(NC(=O)OC(C)(C)C)C1.I. The van der Waals surface area contributed by atoms with Gasteiger partial charge in [-0.05, 0) is 51.8 Å². The first-order chi connectivity index (χ1) is 12.8. The Morgan fingerprint density at radius 2 is 2.11 bits per heavy atom. The van der Waals surface area contributed by atoms with Crippen LogP contribution in [0.4, 0.5) is 4.79 Å². The average molecular weight is 504 g/mol. The molecular formula is C20H33IN4O3. The van der Waals surface area contributed by atoms with Gasteiger partial charge in [0, 0.05) is 19.6 Å². The number of rotatable bonds is 5. The number of hydrogen-bond acceptors (Lipinski definition) is 4. The van der Waals surface area contributed by atoms with Crippen molar-refractivity contribution in [1.82, 2.24) is 15.5 Å². The highest BCUT2D eigenvalue weighted by atomic mass is 127. The number of likely N-dealkylation sites (tertiary alicyclic amines) is 1. The highest BCUT2D eigenvalue weighted by Gasteiger charge is 2.27. The van der Waals surface area contributed by atoms with Gasteiger partial charge >= 0.3 is 6.09 Å². The van der Waals surface area contributed by atoms with Crippen molar-refractivity contribution in [3.63, 3.8) is 0 Å². The minimum atomic E-state index is -0.491. The number of aliphatic imine (C=N–C) groups is 1. The molecule has 1 aliphatic heterocycles. The zero-order valence-corrected chi connectivity index (χ0v) is 19.8. The molecule has 0 aromatic heterocycles. The van der Waals surface area contributed by atoms with Crippen LogP contribution in [-0.2, 0) is 11.3 Å². The first-order valence-electron chi connectivity index (χ1n) is 9.46. The van der Waals surface area contributed by atoms with Gasteiger partial charge in [-0.25, -0.2) is 9.79 Å². The third kappa shape index (κ3) is 8.12. The van der Waals surface area contributed by atoms with E-state index in [0.717, 1.165) is 36.8 Å². The van der Waals surface area contributed by atoms with Crippen LogP contribution < -0.4 is 15.4 Å². The van der Waals surface area contributed by atoms with E-state index in [9.17, 15) is 4.79 Å². The van der Waals surface area contributed by atoms with E-state index < -0.39 is 5.60 Å². The molecule has 7 nitrogen and oxygen atoms in total. The Morgan fingerprint density at radius 1 is 1.36 bits per heavy atom. The quantitative estimate of drug-likeness (QED) is 0.366. The summed E-state index contributed by atoms with van der Waals surface area (Å²) in [5.74, 6) is 1.68. The van der Waals surface area contributed by atoms with Crippen molar-refractivity contribution in [1.29, 1.82) is 0 Å². The number of nitrogens with zero attached hydrogens (tertiary/aromatic N) is 2. The van der Waals surface area contributed by atoms with Gasteiger partial charge in [0.05, 0.1) is 19.7 Å². The van der Waals surface area contributed by atoms with Crippen LogP contribution in [0, 0.1) is 0 Å². The van der Waals surface area contributed by atoms with E-state index in [-0.39, 0.29) is 36.1 Å². The molecule has 1 aromatic rings. The van der Waals surface area contributed by atoms with E-state index in [2.05, 4.69) is 15.5 Å². The number of guanidine groups is 1. The number of alkyl carbamates (subject to hydrolysis) is 1. The van der Waals surface area contributed by atoms with Crippen LogP contribution in [-0.4, -0.2) is 55.3 Å². The zero-order chi connectivity index (χ0) is 19.9. The maximum Gasteiger partial charge on any atom is 0.407 e. The molecule has 1 unspecified atom stereocenters. The lowest BCUT2D eigenvalue weighted by Gasteiger charge is -2.23. The number of carbonyl (C=O) groups excluding carboxylic acids is 1. The molecule has 2 N–H and O–H groups in total. The number of benzene rings is 1. The molecule has 1 fully saturated rings. The highest BCUT2D eigenvalue weighted by molar-refractivity contribution is 14.0. The molecule has 28 heavy (non-hydrogen) atoms. The van der Waals surface area contributed by atoms with Crippen molar-refractivity contribution in [3.8, 4) is 5.75 Å². The van der Waals surface area contributed by atoms with E-state index >= 15 is 0 Å². The summed E-state index contributed by atoms with van der Waals surface area (Å²) in [4.78, 5) is 18.9. The van der Waals surface area contributed by atoms with Crippen LogP contribution in [0.3, 0.4) is 0 Å². The number of amides is 1. The molecule has 1 heterocycles. The van der Waals surface area contributed by atoms with Gasteiger partial charge < -0.3 is 25.0 Å². The molecular weight excluding hydrogens is 471 g/mol. The molecule has 8 heteroatoms. The van der Waals surface area contributed by atoms with Crippen molar-refractivity contribution < 1.29 is 14.3 Å². The minimum absolute atomic E-state index is 0. The molecule has 0 bridgehead atoms. The lowest BCUT2D eigenvalue weighted by molar-refractivity contribution is 0.0507. The summed E-state index contributed by atoms with van der Waals surface area (Å²) >= 11 is 0. The summed E-state index contributed by atoms with van der Waals surface area (Å²) in [5, 5.41) is 6.29. The molecule has 0 aliphatic carbocycles. The van der Waals surface area contributed by atoms with Gasteiger partial charge in [0.25, 0.3) is 0 Å². The number of methoxy groups -OCH3 is 1. The Morgan fingerprint density at radius 3 is 2.75 bits per heavy atom. The summed E-state index contributed by atoms with van der Waals surface area (Å²) in [6.45, 7) is 10.5. The zero-order valence-electron chi connectivity index (χ0n) is 17.4. The van der Waals surface area contributed by atoms with Gasteiger partial charge in [-0.1, -0.05) is 12.1 Å². The van der Waals surface area contributed by atoms with Crippen LogP contribution in [0.1, 0.15) is 39.7 Å². The van der Waals surface area contributed by atoms with Crippen molar-refractivity contribution in [2.45, 2.75) is 52.3 Å². The van der Waals surface area contributed by atoms with Crippen LogP contribution in [0.25, 0.3) is 0 Å². The largest absolute Gasteiger partial charge is 0.497 e. The normalized spacial score (nSPS) is 17.0. The summed E-state index contributed by atoms with van der Waals surface area (Å²) in [6, 6.07) is 7.97. The molecule has 1 aliphatic rings. The molecule has 158 valence electrons. The maximum atomic E-state index is 12.0. The molecule has 1 aromatic carbocycles. The van der Waals surface area contributed by atoms with Crippen LogP contribution >= 0.6 is 24.0 Å². The van der Waals surface area contributed by atoms with E-state index in [1.54, 1.807) is 7.11 Å². The Kier molecular flexibility index (Phi) is 9.84. The van der Waals surface area contributed by atoms with Gasteiger partial charge in [-0.3, -0.25) is 0 Å². The summed E-state index contributed by atoms with van der Waals surface area (Å²) in [6.07, 6.45) is 0.496. The first kappa shape index (κ1) is 24.3. The topological polar surface area (TPSA) is 75.2 Å². The van der Waals surface area contributed by atoms with E-state index in [1.807, 2.05) is 52.0 Å². The molecule has 1 saturated heterocycles. The molecule has 0 saturated carbocycles. The van der Waals surface area contributed by atoms with E-state index in [4.69, 9.17) is 14.5 Å². The number of halogens is 1. The Hall–Kier alpha value is -1.71. The fourth-order valence-electron chi connectivity index (χ4n) is 2.91. The summed E-state index contributed by atoms with van der Waals surface area (Å²) in [5.41, 5.74) is 0.600. The van der Waals surface area contributed by atoms with Crippen LogP contribution in [0.5, 0.6) is 5.75 Å². The predicted molar refractivity (Wildman–Crippen MR) is 123 cm³/mol. The summed E-state index contributed by atoms with van der Waals surface area (Å²) in [7, 11) is 1.66. The van der Waals surface area contributed by atoms with Crippen molar-refractivity contribution in [3.05, 3.63) is 29.8 Å². The molecule has 2 rings (SSSR count). The van der Waals surface area contributed by atoms with Crippen LogP contribution in [0.2, 0.25) is 0 Å². The second kappa shape index (κ2) is 11.3. The van der Waals surface area contributed by atoms with Gasteiger partial charge in [-0.15, -0.1) is 24.0 Å². The smallest absolute Gasteiger partial charge is 0.407 e. The Labute approximate surface area is 185 Å². The lowest BCUT2D eigenvalue weighted by Crippen LogP contribution is -2.44. The third-order valence-corrected chi connectivity index (χ3v) is 4.09. The Balaban J connectivity index is 0.00000392.